The minimum atomic E-state index is 0.125. The minimum absolute atomic E-state index is 0.125. The standard InChI is InChI=1S/C14H24N4/c1-9-4-3-5-11(6-9)13(18-16)12-7-10(2)8-17-14(12)15/h7-9,11,13,18H,3-6,16H2,1-2H3,(H2,15,17). The summed E-state index contributed by atoms with van der Waals surface area (Å²) in [6.45, 7) is 4.35. The van der Waals surface area contributed by atoms with Gasteiger partial charge in [-0.3, -0.25) is 11.3 Å². The number of hydrogen-bond acceptors (Lipinski definition) is 4. The molecule has 1 saturated carbocycles. The van der Waals surface area contributed by atoms with E-state index in [1.165, 1.54) is 25.7 Å². The third kappa shape index (κ3) is 2.82. The van der Waals surface area contributed by atoms with Crippen LogP contribution in [0.2, 0.25) is 0 Å². The largest absolute Gasteiger partial charge is 0.383 e. The van der Waals surface area contributed by atoms with Crippen LogP contribution in [-0.4, -0.2) is 4.98 Å². The summed E-state index contributed by atoms with van der Waals surface area (Å²) in [5.41, 5.74) is 11.1. The Bertz CT molecular complexity index is 405. The van der Waals surface area contributed by atoms with Crippen LogP contribution in [0.1, 0.15) is 49.8 Å². The summed E-state index contributed by atoms with van der Waals surface area (Å²) in [5, 5.41) is 0. The molecule has 0 radical (unpaired) electrons. The number of nitrogens with two attached hydrogens (primary N) is 2. The van der Waals surface area contributed by atoms with Crippen LogP contribution in [0.5, 0.6) is 0 Å². The summed E-state index contributed by atoms with van der Waals surface area (Å²) in [7, 11) is 0. The zero-order chi connectivity index (χ0) is 13.1. The van der Waals surface area contributed by atoms with Crippen LogP contribution in [0.4, 0.5) is 5.82 Å². The first kappa shape index (κ1) is 13.3. The summed E-state index contributed by atoms with van der Waals surface area (Å²) in [4.78, 5) is 4.24. The SMILES string of the molecule is Cc1cnc(N)c(C(NN)C2CCCC(C)C2)c1. The van der Waals surface area contributed by atoms with E-state index < -0.39 is 0 Å². The molecule has 5 N–H and O–H groups in total. The van der Waals surface area contributed by atoms with Gasteiger partial charge in [-0.05, 0) is 43.2 Å². The number of aryl methyl sites for hydroxylation is 1. The molecule has 1 fully saturated rings. The Hall–Kier alpha value is -1.13. The second-order valence-corrected chi connectivity index (χ2v) is 5.66. The number of anilines is 1. The van der Waals surface area contributed by atoms with E-state index in [-0.39, 0.29) is 6.04 Å². The molecule has 1 aromatic heterocycles. The van der Waals surface area contributed by atoms with Crippen molar-refractivity contribution in [1.82, 2.24) is 10.4 Å². The van der Waals surface area contributed by atoms with Crippen LogP contribution in [0.15, 0.2) is 12.3 Å². The number of rotatable bonds is 3. The molecule has 0 spiro atoms. The maximum absolute atomic E-state index is 6.00. The number of hydrogen-bond donors (Lipinski definition) is 3. The van der Waals surface area contributed by atoms with Gasteiger partial charge in [0.1, 0.15) is 5.82 Å². The zero-order valence-electron chi connectivity index (χ0n) is 11.3. The second kappa shape index (κ2) is 5.67. The topological polar surface area (TPSA) is 77.0 Å². The number of hydrazine groups is 1. The molecule has 0 aliphatic heterocycles. The fourth-order valence-electron chi connectivity index (χ4n) is 3.12. The van der Waals surface area contributed by atoms with Crippen molar-refractivity contribution < 1.29 is 0 Å². The van der Waals surface area contributed by atoms with Gasteiger partial charge in [0.2, 0.25) is 0 Å². The Balaban J connectivity index is 2.24. The molecule has 1 heterocycles. The van der Waals surface area contributed by atoms with Crippen molar-refractivity contribution in [3.05, 3.63) is 23.4 Å². The molecular weight excluding hydrogens is 224 g/mol. The third-order valence-corrected chi connectivity index (χ3v) is 4.05. The van der Waals surface area contributed by atoms with Crippen molar-refractivity contribution in [2.75, 3.05) is 5.73 Å². The van der Waals surface area contributed by atoms with Gasteiger partial charge >= 0.3 is 0 Å². The highest BCUT2D eigenvalue weighted by atomic mass is 15.2. The van der Waals surface area contributed by atoms with Gasteiger partial charge in [-0.2, -0.15) is 0 Å². The Kier molecular flexibility index (Phi) is 4.19. The van der Waals surface area contributed by atoms with Crippen LogP contribution < -0.4 is 17.0 Å². The predicted octanol–water partition coefficient (Wildman–Crippen LogP) is 2.30. The van der Waals surface area contributed by atoms with E-state index in [1.54, 1.807) is 6.20 Å². The molecule has 4 nitrogen and oxygen atoms in total. The van der Waals surface area contributed by atoms with Crippen LogP contribution >= 0.6 is 0 Å². The monoisotopic (exact) mass is 248 g/mol. The Morgan fingerprint density at radius 1 is 1.44 bits per heavy atom. The van der Waals surface area contributed by atoms with Crippen molar-refractivity contribution in [3.8, 4) is 0 Å². The Morgan fingerprint density at radius 2 is 2.22 bits per heavy atom. The highest BCUT2D eigenvalue weighted by Gasteiger charge is 2.28. The molecule has 18 heavy (non-hydrogen) atoms. The lowest BCUT2D eigenvalue weighted by Gasteiger charge is -2.33. The molecule has 100 valence electrons. The van der Waals surface area contributed by atoms with Crippen molar-refractivity contribution in [2.45, 2.75) is 45.6 Å². The number of nitrogens with zero attached hydrogens (tertiary/aromatic N) is 1. The van der Waals surface area contributed by atoms with Gasteiger partial charge in [-0.15, -0.1) is 0 Å². The van der Waals surface area contributed by atoms with Gasteiger partial charge in [-0.1, -0.05) is 19.8 Å². The molecule has 3 unspecified atom stereocenters. The van der Waals surface area contributed by atoms with Crippen LogP contribution in [0.25, 0.3) is 0 Å². The lowest BCUT2D eigenvalue weighted by Crippen LogP contribution is -2.36. The van der Waals surface area contributed by atoms with Crippen molar-refractivity contribution in [3.63, 3.8) is 0 Å². The average Bonchev–Trinajstić information content (AvgIpc) is 2.35. The first-order chi connectivity index (χ1) is 8.61. The van der Waals surface area contributed by atoms with Crippen molar-refractivity contribution in [1.29, 1.82) is 0 Å². The van der Waals surface area contributed by atoms with E-state index in [4.69, 9.17) is 11.6 Å². The molecule has 4 heteroatoms. The van der Waals surface area contributed by atoms with Crippen LogP contribution in [0.3, 0.4) is 0 Å². The van der Waals surface area contributed by atoms with E-state index in [2.05, 4.69) is 23.4 Å². The van der Waals surface area contributed by atoms with E-state index >= 15 is 0 Å². The smallest absolute Gasteiger partial charge is 0.128 e. The lowest BCUT2D eigenvalue weighted by atomic mass is 9.77. The highest BCUT2D eigenvalue weighted by Crippen LogP contribution is 2.38. The Morgan fingerprint density at radius 3 is 2.89 bits per heavy atom. The maximum Gasteiger partial charge on any atom is 0.128 e. The number of nitrogens with one attached hydrogen (secondary N) is 1. The van der Waals surface area contributed by atoms with Crippen molar-refractivity contribution >= 4 is 5.82 Å². The summed E-state index contributed by atoms with van der Waals surface area (Å²) in [6, 6.07) is 2.23. The van der Waals surface area contributed by atoms with Crippen molar-refractivity contribution in [2.24, 2.45) is 17.7 Å². The van der Waals surface area contributed by atoms with E-state index in [1.807, 2.05) is 6.92 Å². The number of aromatic nitrogens is 1. The second-order valence-electron chi connectivity index (χ2n) is 5.66. The first-order valence-corrected chi connectivity index (χ1v) is 6.80. The van der Waals surface area contributed by atoms with E-state index in [0.29, 0.717) is 11.7 Å². The van der Waals surface area contributed by atoms with Gasteiger partial charge < -0.3 is 5.73 Å². The average molecular weight is 248 g/mol. The van der Waals surface area contributed by atoms with Crippen LogP contribution in [-0.2, 0) is 0 Å². The van der Waals surface area contributed by atoms with Gasteiger partial charge in [0.25, 0.3) is 0 Å². The normalized spacial score (nSPS) is 25.9. The van der Waals surface area contributed by atoms with Gasteiger partial charge in [0.05, 0.1) is 6.04 Å². The predicted molar refractivity (Wildman–Crippen MR) is 74.6 cm³/mol. The summed E-state index contributed by atoms with van der Waals surface area (Å²) in [6.07, 6.45) is 6.84. The molecule has 1 aromatic rings. The lowest BCUT2D eigenvalue weighted by molar-refractivity contribution is 0.224. The summed E-state index contributed by atoms with van der Waals surface area (Å²) < 4.78 is 0. The molecule has 0 saturated heterocycles. The summed E-state index contributed by atoms with van der Waals surface area (Å²) in [5.74, 6) is 7.70. The maximum atomic E-state index is 6.00. The highest BCUT2D eigenvalue weighted by molar-refractivity contribution is 5.43. The molecule has 0 aromatic carbocycles. The van der Waals surface area contributed by atoms with Gasteiger partial charge in [0, 0.05) is 11.8 Å². The Labute approximate surface area is 109 Å². The molecule has 1 aliphatic carbocycles. The fourth-order valence-corrected chi connectivity index (χ4v) is 3.12. The molecule has 3 atom stereocenters. The zero-order valence-corrected chi connectivity index (χ0v) is 11.3. The minimum Gasteiger partial charge on any atom is -0.383 e. The van der Waals surface area contributed by atoms with Crippen LogP contribution in [0, 0.1) is 18.8 Å². The molecule has 2 rings (SSSR count). The molecule has 0 amide bonds. The molecular formula is C14H24N4. The first-order valence-electron chi connectivity index (χ1n) is 6.80. The fraction of sp³-hybridized carbons (Fsp3) is 0.643. The molecule has 1 aliphatic rings. The number of pyridine rings is 1. The molecule has 0 bridgehead atoms. The quantitative estimate of drug-likeness (QED) is 0.566. The third-order valence-electron chi connectivity index (χ3n) is 4.05. The van der Waals surface area contributed by atoms with E-state index in [9.17, 15) is 0 Å². The summed E-state index contributed by atoms with van der Waals surface area (Å²) >= 11 is 0. The van der Waals surface area contributed by atoms with E-state index in [0.717, 1.165) is 17.0 Å². The van der Waals surface area contributed by atoms with Gasteiger partial charge in [0.15, 0.2) is 0 Å². The number of nitrogen functional groups attached to an aromatic ring is 1. The van der Waals surface area contributed by atoms with Gasteiger partial charge in [-0.25, -0.2) is 4.98 Å².